The highest BCUT2D eigenvalue weighted by Gasteiger charge is 2.41. The maximum Gasteiger partial charge on any atom is 0.339 e. The van der Waals surface area contributed by atoms with Crippen molar-refractivity contribution in [2.24, 2.45) is 0 Å². The first-order valence-corrected chi connectivity index (χ1v) is 10.9. The molecule has 5 rings (SSSR count). The van der Waals surface area contributed by atoms with E-state index in [9.17, 15) is 14.3 Å². The van der Waals surface area contributed by atoms with E-state index in [0.29, 0.717) is 6.42 Å². The Hall–Kier alpha value is -3.38. The molecule has 0 radical (unpaired) electrons. The number of nitrogens with one attached hydrogen (secondary N) is 1. The first-order chi connectivity index (χ1) is 15.0. The van der Waals surface area contributed by atoms with Crippen LogP contribution in [0.2, 0.25) is 0 Å². The van der Waals surface area contributed by atoms with E-state index in [1.54, 1.807) is 6.07 Å². The van der Waals surface area contributed by atoms with Crippen molar-refractivity contribution in [3.05, 3.63) is 105 Å². The van der Waals surface area contributed by atoms with Gasteiger partial charge in [0.1, 0.15) is 11.6 Å². The number of aromatic nitrogens is 1. The van der Waals surface area contributed by atoms with Gasteiger partial charge in [0, 0.05) is 27.9 Å². The van der Waals surface area contributed by atoms with E-state index in [-0.39, 0.29) is 17.1 Å². The van der Waals surface area contributed by atoms with Crippen molar-refractivity contribution in [1.29, 1.82) is 0 Å². The molecule has 0 saturated carbocycles. The van der Waals surface area contributed by atoms with Crippen LogP contribution >= 0.6 is 11.3 Å². The summed E-state index contributed by atoms with van der Waals surface area (Å²) < 4.78 is 19.4. The molecule has 4 nitrogen and oxygen atoms in total. The monoisotopic (exact) mass is 433 g/mol. The van der Waals surface area contributed by atoms with Crippen molar-refractivity contribution in [3.63, 3.8) is 0 Å². The second-order valence-corrected chi connectivity index (χ2v) is 8.66. The summed E-state index contributed by atoms with van der Waals surface area (Å²) >= 11 is 1.50. The fraction of sp³-hybridized carbons (Fsp3) is 0.160. The Bertz CT molecular complexity index is 1290. The molecule has 1 aliphatic rings. The number of fused-ring (bicyclic) bond motifs is 1. The predicted molar refractivity (Wildman–Crippen MR) is 119 cm³/mol. The van der Waals surface area contributed by atoms with Crippen molar-refractivity contribution in [2.45, 2.75) is 25.4 Å². The number of aryl methyl sites for hydroxylation is 1. The molecular formula is C25H20FNO3S. The summed E-state index contributed by atoms with van der Waals surface area (Å²) in [5.41, 5.74) is 3.58. The summed E-state index contributed by atoms with van der Waals surface area (Å²) in [7, 11) is 0. The number of aliphatic hydroxyl groups is 1. The molecular weight excluding hydrogens is 413 g/mol. The van der Waals surface area contributed by atoms with Gasteiger partial charge >= 0.3 is 5.97 Å². The maximum absolute atomic E-state index is 13.8. The largest absolute Gasteiger partial charge is 0.508 e. The van der Waals surface area contributed by atoms with Gasteiger partial charge in [-0.1, -0.05) is 36.4 Å². The van der Waals surface area contributed by atoms with Crippen LogP contribution in [0.5, 0.6) is 0 Å². The van der Waals surface area contributed by atoms with Crippen molar-refractivity contribution in [1.82, 2.24) is 4.98 Å². The van der Waals surface area contributed by atoms with Crippen LogP contribution in [0.1, 0.15) is 27.6 Å². The molecule has 3 heterocycles. The first kappa shape index (κ1) is 19.6. The van der Waals surface area contributed by atoms with E-state index in [1.807, 2.05) is 54.8 Å². The van der Waals surface area contributed by atoms with E-state index in [1.165, 1.54) is 23.5 Å². The van der Waals surface area contributed by atoms with E-state index in [0.717, 1.165) is 32.6 Å². The maximum atomic E-state index is 13.8. The lowest BCUT2D eigenvalue weighted by Crippen LogP contribution is -2.14. The number of esters is 1. The molecule has 0 spiro atoms. The SMILES string of the molecule is Cc1c(C(C2=C(O)C(Cc3ccccc3)OC2=O)c2cccs2)[nH]c2ccc(F)cc12. The molecule has 4 aromatic rings. The van der Waals surface area contributed by atoms with Crippen molar-refractivity contribution in [2.75, 3.05) is 0 Å². The standard InChI is InChI=1S/C25H20FNO3S/c1-14-17-13-16(26)9-10-18(17)27-23(14)21(20-8-5-11-31-20)22-24(28)19(30-25(22)29)12-15-6-3-2-4-7-15/h2-11,13,19,21,27-28H,12H2,1H3. The van der Waals surface area contributed by atoms with E-state index in [4.69, 9.17) is 4.74 Å². The van der Waals surface area contributed by atoms with E-state index < -0.39 is 18.0 Å². The average molecular weight is 434 g/mol. The summed E-state index contributed by atoms with van der Waals surface area (Å²) in [5.74, 6) is -1.42. The number of aromatic amines is 1. The third kappa shape index (κ3) is 3.43. The van der Waals surface area contributed by atoms with Gasteiger partial charge in [0.15, 0.2) is 6.10 Å². The van der Waals surface area contributed by atoms with E-state index in [2.05, 4.69) is 4.98 Å². The molecule has 0 aliphatic carbocycles. The zero-order chi connectivity index (χ0) is 21.5. The van der Waals surface area contributed by atoms with Crippen molar-refractivity contribution < 1.29 is 19.0 Å². The highest BCUT2D eigenvalue weighted by atomic mass is 32.1. The molecule has 0 amide bonds. The molecule has 2 aromatic carbocycles. The molecule has 0 bridgehead atoms. The lowest BCUT2D eigenvalue weighted by Gasteiger charge is -2.15. The molecule has 1 aliphatic heterocycles. The second kappa shape index (κ2) is 7.71. The van der Waals surface area contributed by atoms with Crippen molar-refractivity contribution in [3.8, 4) is 0 Å². The third-order valence-electron chi connectivity index (χ3n) is 5.78. The quantitative estimate of drug-likeness (QED) is 0.392. The number of hydrogen-bond donors (Lipinski definition) is 2. The Balaban J connectivity index is 1.63. The number of rotatable bonds is 5. The topological polar surface area (TPSA) is 62.3 Å². The van der Waals surface area contributed by atoms with Gasteiger partial charge in [-0.2, -0.15) is 0 Å². The van der Waals surface area contributed by atoms with Gasteiger partial charge in [0.25, 0.3) is 0 Å². The zero-order valence-corrected chi connectivity index (χ0v) is 17.6. The molecule has 2 unspecified atom stereocenters. The minimum Gasteiger partial charge on any atom is -0.508 e. The van der Waals surface area contributed by atoms with Gasteiger partial charge in [-0.05, 0) is 47.7 Å². The van der Waals surface area contributed by atoms with Gasteiger partial charge in [0.2, 0.25) is 0 Å². The van der Waals surface area contributed by atoms with Crippen LogP contribution in [0.15, 0.2) is 77.4 Å². The van der Waals surface area contributed by atoms with Gasteiger partial charge in [-0.25, -0.2) is 9.18 Å². The fourth-order valence-electron chi connectivity index (χ4n) is 4.25. The number of carbonyl (C=O) groups is 1. The Labute approximate surface area is 182 Å². The Morgan fingerprint density at radius 3 is 2.71 bits per heavy atom. The summed E-state index contributed by atoms with van der Waals surface area (Å²) in [4.78, 5) is 17.2. The highest BCUT2D eigenvalue weighted by Crippen LogP contribution is 2.42. The first-order valence-electron chi connectivity index (χ1n) is 10.0. The number of hydrogen-bond acceptors (Lipinski definition) is 4. The minimum atomic E-state index is -0.727. The van der Waals surface area contributed by atoms with Crippen LogP contribution in [0.25, 0.3) is 10.9 Å². The summed E-state index contributed by atoms with van der Waals surface area (Å²) in [5, 5.41) is 13.8. The Morgan fingerprint density at radius 1 is 1.16 bits per heavy atom. The van der Waals surface area contributed by atoms with Gasteiger partial charge in [0.05, 0.1) is 11.5 Å². The number of carbonyl (C=O) groups excluding carboxylic acids is 1. The fourth-order valence-corrected chi connectivity index (χ4v) is 5.09. The number of thiophene rings is 1. The number of benzene rings is 2. The van der Waals surface area contributed by atoms with Crippen LogP contribution in [-0.4, -0.2) is 22.2 Å². The Morgan fingerprint density at radius 2 is 1.97 bits per heavy atom. The highest BCUT2D eigenvalue weighted by molar-refractivity contribution is 7.10. The molecule has 0 saturated heterocycles. The normalized spacial score (nSPS) is 17.4. The zero-order valence-electron chi connectivity index (χ0n) is 16.8. The lowest BCUT2D eigenvalue weighted by molar-refractivity contribution is -0.140. The number of H-pyrrole nitrogens is 1. The minimum absolute atomic E-state index is 0.0449. The van der Waals surface area contributed by atoms with E-state index >= 15 is 0 Å². The molecule has 6 heteroatoms. The number of cyclic esters (lactones) is 1. The summed E-state index contributed by atoms with van der Waals surface area (Å²) in [6.45, 7) is 1.90. The molecule has 31 heavy (non-hydrogen) atoms. The lowest BCUT2D eigenvalue weighted by atomic mass is 9.90. The summed E-state index contributed by atoms with van der Waals surface area (Å²) in [6.07, 6.45) is -0.329. The third-order valence-corrected chi connectivity index (χ3v) is 6.72. The Kier molecular flexibility index (Phi) is 4.87. The molecule has 2 N–H and O–H groups in total. The molecule has 2 atom stereocenters. The van der Waals surface area contributed by atoms with Gasteiger partial charge in [-0.3, -0.25) is 0 Å². The molecule has 2 aromatic heterocycles. The number of aliphatic hydroxyl groups excluding tert-OH is 1. The van der Waals surface area contributed by atoms with Gasteiger partial charge in [-0.15, -0.1) is 11.3 Å². The van der Waals surface area contributed by atoms with Crippen molar-refractivity contribution >= 4 is 28.2 Å². The predicted octanol–water partition coefficient (Wildman–Crippen LogP) is 5.79. The van der Waals surface area contributed by atoms with Crippen LogP contribution < -0.4 is 0 Å². The molecule has 156 valence electrons. The smallest absolute Gasteiger partial charge is 0.339 e. The number of halogens is 1. The van der Waals surface area contributed by atoms with Crippen LogP contribution in [0.3, 0.4) is 0 Å². The van der Waals surface area contributed by atoms with Crippen LogP contribution in [-0.2, 0) is 16.0 Å². The average Bonchev–Trinajstić information content (AvgIpc) is 3.46. The van der Waals surface area contributed by atoms with Crippen LogP contribution in [0.4, 0.5) is 4.39 Å². The van der Waals surface area contributed by atoms with Gasteiger partial charge < -0.3 is 14.8 Å². The molecule has 0 fully saturated rings. The summed E-state index contributed by atoms with van der Waals surface area (Å²) in [6, 6.07) is 18.0. The second-order valence-electron chi connectivity index (χ2n) is 7.68. The van der Waals surface area contributed by atoms with Crippen LogP contribution in [0, 0.1) is 12.7 Å². The number of ether oxygens (including phenoxy) is 1.